The average Bonchev–Trinajstić information content (AvgIpc) is 2.47. The number of pyridine rings is 1. The minimum absolute atomic E-state index is 0.0970. The van der Waals surface area contributed by atoms with Crippen molar-refractivity contribution in [1.29, 1.82) is 0 Å². The fraction of sp³-hybridized carbons (Fsp3) is 0.154. The van der Waals surface area contributed by atoms with Gasteiger partial charge in [-0.1, -0.05) is 12.1 Å². The van der Waals surface area contributed by atoms with Crippen LogP contribution in [0.25, 0.3) is 0 Å². The number of rotatable bonds is 5. The third-order valence-electron chi connectivity index (χ3n) is 2.68. The molecule has 0 aliphatic rings. The van der Waals surface area contributed by atoms with E-state index < -0.39 is 10.0 Å². The zero-order chi connectivity index (χ0) is 14.6. The second kappa shape index (κ2) is 5.98. The number of aromatic nitrogens is 1. The molecule has 1 aromatic heterocycles. The molecule has 0 unspecified atom stereocenters. The van der Waals surface area contributed by atoms with Gasteiger partial charge in [-0.3, -0.25) is 0 Å². The SMILES string of the molecule is CNc1cc(S(=O)(=O)NCc2ccc(F)cc2)ccn1. The van der Waals surface area contributed by atoms with Gasteiger partial charge in [0.1, 0.15) is 11.6 Å². The summed E-state index contributed by atoms with van der Waals surface area (Å²) < 4.78 is 39.4. The van der Waals surface area contributed by atoms with E-state index in [1.54, 1.807) is 7.05 Å². The Morgan fingerprint density at radius 1 is 1.20 bits per heavy atom. The molecule has 0 atom stereocenters. The topological polar surface area (TPSA) is 71.1 Å². The van der Waals surface area contributed by atoms with Crippen molar-refractivity contribution >= 4 is 15.8 Å². The summed E-state index contributed by atoms with van der Waals surface area (Å²) >= 11 is 0. The number of benzene rings is 1. The fourth-order valence-electron chi connectivity index (χ4n) is 1.58. The van der Waals surface area contributed by atoms with E-state index in [0.717, 1.165) is 0 Å². The third kappa shape index (κ3) is 3.52. The van der Waals surface area contributed by atoms with Crippen molar-refractivity contribution < 1.29 is 12.8 Å². The number of hydrogen-bond donors (Lipinski definition) is 2. The van der Waals surface area contributed by atoms with Crippen LogP contribution in [0.4, 0.5) is 10.2 Å². The Balaban J connectivity index is 2.12. The summed E-state index contributed by atoms with van der Waals surface area (Å²) in [6, 6.07) is 8.48. The Kier molecular flexibility index (Phi) is 4.31. The Morgan fingerprint density at radius 3 is 2.55 bits per heavy atom. The predicted octanol–water partition coefficient (Wildman–Crippen LogP) is 1.74. The van der Waals surface area contributed by atoms with Gasteiger partial charge in [-0.05, 0) is 23.8 Å². The fourth-order valence-corrected chi connectivity index (χ4v) is 2.61. The van der Waals surface area contributed by atoms with E-state index in [-0.39, 0.29) is 17.3 Å². The molecule has 0 aliphatic carbocycles. The highest BCUT2D eigenvalue weighted by molar-refractivity contribution is 7.89. The number of nitrogens with one attached hydrogen (secondary N) is 2. The minimum atomic E-state index is -3.62. The van der Waals surface area contributed by atoms with Crippen molar-refractivity contribution in [2.24, 2.45) is 0 Å². The second-order valence-electron chi connectivity index (χ2n) is 4.08. The van der Waals surface area contributed by atoms with E-state index in [1.165, 1.54) is 42.6 Å². The molecule has 0 saturated carbocycles. The van der Waals surface area contributed by atoms with Gasteiger partial charge < -0.3 is 5.32 Å². The van der Waals surface area contributed by atoms with E-state index in [4.69, 9.17) is 0 Å². The molecule has 2 rings (SSSR count). The summed E-state index contributed by atoms with van der Waals surface area (Å²) in [5.41, 5.74) is 0.679. The summed E-state index contributed by atoms with van der Waals surface area (Å²) in [7, 11) is -1.97. The largest absolute Gasteiger partial charge is 0.373 e. The number of anilines is 1. The van der Waals surface area contributed by atoms with Crippen LogP contribution in [0.5, 0.6) is 0 Å². The van der Waals surface area contributed by atoms with Crippen LogP contribution in [0.15, 0.2) is 47.5 Å². The average molecular weight is 295 g/mol. The Hall–Kier alpha value is -1.99. The maximum atomic E-state index is 12.8. The van der Waals surface area contributed by atoms with Gasteiger partial charge in [0.15, 0.2) is 0 Å². The normalized spacial score (nSPS) is 11.3. The third-order valence-corrected chi connectivity index (χ3v) is 4.08. The molecule has 0 aliphatic heterocycles. The summed E-state index contributed by atoms with van der Waals surface area (Å²) in [5.74, 6) is 0.110. The van der Waals surface area contributed by atoms with Gasteiger partial charge in [-0.15, -0.1) is 0 Å². The first-order valence-corrected chi connectivity index (χ1v) is 7.37. The van der Waals surface area contributed by atoms with E-state index >= 15 is 0 Å². The molecule has 0 spiro atoms. The van der Waals surface area contributed by atoms with E-state index in [1.807, 2.05) is 0 Å². The molecule has 1 heterocycles. The molecular weight excluding hydrogens is 281 g/mol. The van der Waals surface area contributed by atoms with Crippen LogP contribution in [-0.2, 0) is 16.6 Å². The molecule has 2 N–H and O–H groups in total. The molecule has 0 radical (unpaired) electrons. The highest BCUT2D eigenvalue weighted by Crippen LogP contribution is 2.13. The number of halogens is 1. The maximum Gasteiger partial charge on any atom is 0.241 e. The lowest BCUT2D eigenvalue weighted by atomic mass is 10.2. The van der Waals surface area contributed by atoms with Gasteiger partial charge in [0.25, 0.3) is 0 Å². The maximum absolute atomic E-state index is 12.8. The smallest absolute Gasteiger partial charge is 0.241 e. The Labute approximate surface area is 116 Å². The van der Waals surface area contributed by atoms with Crippen LogP contribution in [0.2, 0.25) is 0 Å². The molecule has 106 valence electrons. The zero-order valence-electron chi connectivity index (χ0n) is 10.8. The van der Waals surface area contributed by atoms with Crippen LogP contribution >= 0.6 is 0 Å². The molecule has 0 fully saturated rings. The monoisotopic (exact) mass is 295 g/mol. The zero-order valence-corrected chi connectivity index (χ0v) is 11.6. The van der Waals surface area contributed by atoms with Crippen molar-refractivity contribution in [3.05, 3.63) is 54.0 Å². The Bertz CT molecular complexity index is 687. The van der Waals surface area contributed by atoms with Crippen molar-refractivity contribution in [2.75, 3.05) is 12.4 Å². The summed E-state index contributed by atoms with van der Waals surface area (Å²) in [5, 5.41) is 2.77. The van der Waals surface area contributed by atoms with E-state index in [9.17, 15) is 12.8 Å². The van der Waals surface area contributed by atoms with Crippen LogP contribution in [0.3, 0.4) is 0 Å². The lowest BCUT2D eigenvalue weighted by Crippen LogP contribution is -2.23. The standard InChI is InChI=1S/C13H14FN3O2S/c1-15-13-8-12(6-7-16-13)20(18,19)17-9-10-2-4-11(14)5-3-10/h2-8,17H,9H2,1H3,(H,15,16). The predicted molar refractivity (Wildman–Crippen MR) is 74.2 cm³/mol. The van der Waals surface area contributed by atoms with Crippen LogP contribution < -0.4 is 10.0 Å². The highest BCUT2D eigenvalue weighted by atomic mass is 32.2. The van der Waals surface area contributed by atoms with Gasteiger partial charge >= 0.3 is 0 Å². The van der Waals surface area contributed by atoms with Crippen molar-refractivity contribution in [1.82, 2.24) is 9.71 Å². The highest BCUT2D eigenvalue weighted by Gasteiger charge is 2.14. The van der Waals surface area contributed by atoms with Gasteiger partial charge in [0, 0.05) is 25.9 Å². The van der Waals surface area contributed by atoms with Gasteiger partial charge in [-0.25, -0.2) is 22.5 Å². The minimum Gasteiger partial charge on any atom is -0.373 e. The van der Waals surface area contributed by atoms with Gasteiger partial charge in [0.2, 0.25) is 10.0 Å². The molecule has 0 bridgehead atoms. The lowest BCUT2D eigenvalue weighted by Gasteiger charge is -2.08. The van der Waals surface area contributed by atoms with E-state index in [0.29, 0.717) is 11.4 Å². The summed E-state index contributed by atoms with van der Waals surface area (Å²) in [6.45, 7) is 0.0970. The van der Waals surface area contributed by atoms with Gasteiger partial charge in [0.05, 0.1) is 4.90 Å². The first kappa shape index (κ1) is 14.4. The van der Waals surface area contributed by atoms with Gasteiger partial charge in [-0.2, -0.15) is 0 Å². The molecule has 5 nitrogen and oxygen atoms in total. The summed E-state index contributed by atoms with van der Waals surface area (Å²) in [4.78, 5) is 4.08. The molecule has 0 amide bonds. The lowest BCUT2D eigenvalue weighted by molar-refractivity contribution is 0.581. The summed E-state index contributed by atoms with van der Waals surface area (Å²) in [6.07, 6.45) is 1.41. The second-order valence-corrected chi connectivity index (χ2v) is 5.84. The van der Waals surface area contributed by atoms with E-state index in [2.05, 4.69) is 15.0 Å². The molecule has 7 heteroatoms. The van der Waals surface area contributed by atoms with Crippen LogP contribution in [0, 0.1) is 5.82 Å². The number of sulfonamides is 1. The van der Waals surface area contributed by atoms with Crippen molar-refractivity contribution in [3.63, 3.8) is 0 Å². The molecule has 2 aromatic rings. The van der Waals surface area contributed by atoms with Crippen LogP contribution in [0.1, 0.15) is 5.56 Å². The molecule has 20 heavy (non-hydrogen) atoms. The molecule has 1 aromatic carbocycles. The van der Waals surface area contributed by atoms with Crippen LogP contribution in [-0.4, -0.2) is 20.4 Å². The molecular formula is C13H14FN3O2S. The first-order valence-electron chi connectivity index (χ1n) is 5.89. The number of hydrogen-bond acceptors (Lipinski definition) is 4. The van der Waals surface area contributed by atoms with Crippen molar-refractivity contribution in [3.8, 4) is 0 Å². The Morgan fingerprint density at radius 2 is 1.90 bits per heavy atom. The number of nitrogens with zero attached hydrogens (tertiary/aromatic N) is 1. The molecule has 0 saturated heterocycles. The van der Waals surface area contributed by atoms with Crippen molar-refractivity contribution in [2.45, 2.75) is 11.4 Å². The quantitative estimate of drug-likeness (QED) is 0.881. The first-order chi connectivity index (χ1) is 9.51.